The average Bonchev–Trinajstić information content (AvgIpc) is 2.73. The van der Waals surface area contributed by atoms with Gasteiger partial charge in [-0.3, -0.25) is 10.1 Å². The van der Waals surface area contributed by atoms with E-state index in [-0.39, 0.29) is 11.3 Å². The van der Waals surface area contributed by atoms with Gasteiger partial charge in [0.2, 0.25) is 0 Å². The highest BCUT2D eigenvalue weighted by Gasteiger charge is 2.17. The van der Waals surface area contributed by atoms with Crippen LogP contribution in [0.2, 0.25) is 0 Å². The van der Waals surface area contributed by atoms with Gasteiger partial charge in [0.1, 0.15) is 5.56 Å². The fourth-order valence-electron chi connectivity index (χ4n) is 1.87. The van der Waals surface area contributed by atoms with Gasteiger partial charge in [-0.25, -0.2) is 4.79 Å². The lowest BCUT2D eigenvalue weighted by Gasteiger charge is -1.97. The van der Waals surface area contributed by atoms with Crippen molar-refractivity contribution in [3.63, 3.8) is 0 Å². The topological polar surface area (TPSA) is 132 Å². The Labute approximate surface area is 110 Å². The third-order valence-electron chi connectivity index (χ3n) is 2.84. The number of carbonyl (C=O) groups is 1. The third kappa shape index (κ3) is 4.65. The molecule has 1 fully saturated rings. The molecule has 1 aromatic carbocycles. The van der Waals surface area contributed by atoms with E-state index in [4.69, 9.17) is 16.6 Å². The third-order valence-corrected chi connectivity index (χ3v) is 2.84. The Balaban J connectivity index is 0.000000218. The maximum Gasteiger partial charge on any atom is 0.342 e. The van der Waals surface area contributed by atoms with Crippen LogP contribution in [0.15, 0.2) is 24.3 Å². The fourth-order valence-corrected chi connectivity index (χ4v) is 1.87. The molecular formula is C12H17N3O4. The van der Waals surface area contributed by atoms with Gasteiger partial charge >= 0.3 is 5.97 Å². The minimum absolute atomic E-state index is 0.289. The number of carboxylic acid groups (broad SMARTS) is 1. The molecule has 1 aromatic rings. The molecule has 2 rings (SSSR count). The van der Waals surface area contributed by atoms with Crippen LogP contribution in [0.3, 0.4) is 0 Å². The summed E-state index contributed by atoms with van der Waals surface area (Å²) >= 11 is 0. The molecule has 7 nitrogen and oxygen atoms in total. The van der Waals surface area contributed by atoms with Gasteiger partial charge in [-0.1, -0.05) is 12.1 Å². The predicted molar refractivity (Wildman–Crippen MR) is 69.9 cm³/mol. The molecule has 7 heteroatoms. The monoisotopic (exact) mass is 267 g/mol. The molecule has 0 heterocycles. The first-order valence-corrected chi connectivity index (χ1v) is 5.89. The number of nitrogens with two attached hydrogens (primary N) is 2. The summed E-state index contributed by atoms with van der Waals surface area (Å²) in [5, 5.41) is 18.8. The summed E-state index contributed by atoms with van der Waals surface area (Å²) in [7, 11) is 0. The minimum atomic E-state index is -1.29. The number of carboxylic acids is 1. The summed E-state index contributed by atoms with van der Waals surface area (Å²) in [6, 6.07) is 6.01. The van der Waals surface area contributed by atoms with Crippen molar-refractivity contribution in [2.45, 2.75) is 31.3 Å². The van der Waals surface area contributed by atoms with E-state index in [1.165, 1.54) is 18.2 Å². The Morgan fingerprint density at radius 3 is 2.11 bits per heavy atom. The zero-order chi connectivity index (χ0) is 14.4. The van der Waals surface area contributed by atoms with Crippen LogP contribution in [0.1, 0.15) is 29.6 Å². The number of rotatable bonds is 2. The quantitative estimate of drug-likeness (QED) is 0.543. The van der Waals surface area contributed by atoms with Crippen molar-refractivity contribution in [2.75, 3.05) is 0 Å². The summed E-state index contributed by atoms with van der Waals surface area (Å²) in [6.07, 6.45) is 3.28. The molecule has 5 N–H and O–H groups in total. The summed E-state index contributed by atoms with van der Waals surface area (Å²) in [6.45, 7) is 0. The Morgan fingerprint density at radius 1 is 1.26 bits per heavy atom. The number of hydrogen-bond acceptors (Lipinski definition) is 5. The van der Waals surface area contributed by atoms with E-state index in [0.717, 1.165) is 25.3 Å². The number of nitro benzene ring substituents is 1. The van der Waals surface area contributed by atoms with E-state index < -0.39 is 10.9 Å². The van der Waals surface area contributed by atoms with Gasteiger partial charge in [0.25, 0.3) is 5.69 Å². The summed E-state index contributed by atoms with van der Waals surface area (Å²) < 4.78 is 0. The van der Waals surface area contributed by atoms with Crippen LogP contribution in [0.4, 0.5) is 5.69 Å². The lowest BCUT2D eigenvalue weighted by molar-refractivity contribution is -0.385. The Morgan fingerprint density at radius 2 is 1.79 bits per heavy atom. The number of hydrogen-bond donors (Lipinski definition) is 3. The van der Waals surface area contributed by atoms with Crippen LogP contribution >= 0.6 is 0 Å². The largest absolute Gasteiger partial charge is 0.477 e. The standard InChI is InChI=1S/C7H5NO4.C5H12N2/c9-7(10)5-3-1-2-4-6(5)8(11)12;6-4-1-2-5(7)3-4/h1-4H,(H,9,10);4-5H,1-3,6-7H2/t;4-,5+. The Kier molecular flexibility index (Phi) is 5.40. The second-order valence-electron chi connectivity index (χ2n) is 4.41. The normalized spacial score (nSPS) is 21.4. The molecule has 1 aliphatic rings. The van der Waals surface area contributed by atoms with E-state index >= 15 is 0 Å². The van der Waals surface area contributed by atoms with E-state index in [9.17, 15) is 14.9 Å². The van der Waals surface area contributed by atoms with Crippen LogP contribution in [0.25, 0.3) is 0 Å². The number of nitro groups is 1. The number of benzene rings is 1. The zero-order valence-corrected chi connectivity index (χ0v) is 10.4. The van der Waals surface area contributed by atoms with Crippen molar-refractivity contribution in [3.8, 4) is 0 Å². The van der Waals surface area contributed by atoms with Crippen molar-refractivity contribution >= 4 is 11.7 Å². The van der Waals surface area contributed by atoms with E-state index in [1.807, 2.05) is 0 Å². The highest BCUT2D eigenvalue weighted by Crippen LogP contribution is 2.16. The van der Waals surface area contributed by atoms with Gasteiger partial charge in [0, 0.05) is 18.2 Å². The Bertz CT molecular complexity index is 423. The van der Waals surface area contributed by atoms with Gasteiger partial charge < -0.3 is 16.6 Å². The Hall–Kier alpha value is -1.99. The molecule has 0 spiro atoms. The van der Waals surface area contributed by atoms with Crippen molar-refractivity contribution in [2.24, 2.45) is 11.5 Å². The van der Waals surface area contributed by atoms with Crippen molar-refractivity contribution in [1.82, 2.24) is 0 Å². The van der Waals surface area contributed by atoms with Crippen LogP contribution in [-0.4, -0.2) is 28.1 Å². The molecular weight excluding hydrogens is 250 g/mol. The molecule has 104 valence electrons. The van der Waals surface area contributed by atoms with Crippen LogP contribution in [0, 0.1) is 10.1 Å². The predicted octanol–water partition coefficient (Wildman–Crippen LogP) is 1.12. The summed E-state index contributed by atoms with van der Waals surface area (Å²) in [5.41, 5.74) is 10.4. The first kappa shape index (κ1) is 15.1. The summed E-state index contributed by atoms with van der Waals surface area (Å²) in [5.74, 6) is -1.29. The second kappa shape index (κ2) is 6.81. The van der Waals surface area contributed by atoms with Crippen LogP contribution in [0.5, 0.6) is 0 Å². The molecule has 0 unspecified atom stereocenters. The molecule has 0 aliphatic heterocycles. The molecule has 0 bridgehead atoms. The highest BCUT2D eigenvalue weighted by atomic mass is 16.6. The highest BCUT2D eigenvalue weighted by molar-refractivity contribution is 5.92. The second-order valence-corrected chi connectivity index (χ2v) is 4.41. The maximum absolute atomic E-state index is 10.4. The molecule has 0 radical (unpaired) electrons. The first-order chi connectivity index (χ1) is 8.91. The number of nitrogens with zero attached hydrogens (tertiary/aromatic N) is 1. The molecule has 2 atom stereocenters. The molecule has 1 aliphatic carbocycles. The maximum atomic E-state index is 10.4. The fraction of sp³-hybridized carbons (Fsp3) is 0.417. The number of para-hydroxylation sites is 1. The SMILES string of the molecule is N[C@@H]1CC[C@H](N)C1.O=C(O)c1ccccc1[N+](=O)[O-]. The lowest BCUT2D eigenvalue weighted by atomic mass is 10.2. The smallest absolute Gasteiger partial charge is 0.342 e. The van der Waals surface area contributed by atoms with Gasteiger partial charge in [-0.15, -0.1) is 0 Å². The van der Waals surface area contributed by atoms with Crippen LogP contribution in [-0.2, 0) is 0 Å². The first-order valence-electron chi connectivity index (χ1n) is 5.89. The summed E-state index contributed by atoms with van der Waals surface area (Å²) in [4.78, 5) is 20.0. The van der Waals surface area contributed by atoms with Crippen molar-refractivity contribution in [3.05, 3.63) is 39.9 Å². The molecule has 0 aromatic heterocycles. The van der Waals surface area contributed by atoms with E-state index in [0.29, 0.717) is 12.1 Å². The van der Waals surface area contributed by atoms with Gasteiger partial charge in [-0.2, -0.15) is 0 Å². The van der Waals surface area contributed by atoms with Gasteiger partial charge in [0.15, 0.2) is 0 Å². The average molecular weight is 267 g/mol. The molecule has 0 saturated heterocycles. The van der Waals surface area contributed by atoms with Gasteiger partial charge in [-0.05, 0) is 25.3 Å². The minimum Gasteiger partial charge on any atom is -0.477 e. The van der Waals surface area contributed by atoms with Gasteiger partial charge in [0.05, 0.1) is 4.92 Å². The molecule has 19 heavy (non-hydrogen) atoms. The lowest BCUT2D eigenvalue weighted by Crippen LogP contribution is -2.20. The van der Waals surface area contributed by atoms with Crippen molar-refractivity contribution < 1.29 is 14.8 Å². The zero-order valence-electron chi connectivity index (χ0n) is 10.4. The molecule has 1 saturated carbocycles. The molecule has 0 amide bonds. The van der Waals surface area contributed by atoms with E-state index in [1.54, 1.807) is 0 Å². The number of aromatic carboxylic acids is 1. The van der Waals surface area contributed by atoms with E-state index in [2.05, 4.69) is 0 Å². The van der Waals surface area contributed by atoms with Crippen LogP contribution < -0.4 is 11.5 Å². The van der Waals surface area contributed by atoms with Crippen molar-refractivity contribution in [1.29, 1.82) is 0 Å².